The third-order valence-electron chi connectivity index (χ3n) is 3.75. The fourth-order valence-corrected chi connectivity index (χ4v) is 4.19. The van der Waals surface area contributed by atoms with E-state index in [1.54, 1.807) is 6.20 Å². The molecule has 2 heterocycles. The van der Waals surface area contributed by atoms with Crippen molar-refractivity contribution in [2.45, 2.75) is 50.1 Å². The Bertz CT molecular complexity index is 669. The van der Waals surface area contributed by atoms with Crippen LogP contribution in [0.4, 0.5) is 5.13 Å². The van der Waals surface area contributed by atoms with Crippen LogP contribution in [0.3, 0.4) is 0 Å². The first-order valence-electron chi connectivity index (χ1n) is 7.76. The summed E-state index contributed by atoms with van der Waals surface area (Å²) in [5, 5.41) is 13.4. The van der Waals surface area contributed by atoms with Crippen molar-refractivity contribution in [2.24, 2.45) is 0 Å². The summed E-state index contributed by atoms with van der Waals surface area (Å²) < 4.78 is 0. The van der Waals surface area contributed by atoms with Gasteiger partial charge in [0.2, 0.25) is 11.0 Å². The summed E-state index contributed by atoms with van der Waals surface area (Å²) in [6, 6.07) is 1.83. The second-order valence-corrected chi connectivity index (χ2v) is 7.55. The van der Waals surface area contributed by atoms with E-state index in [-0.39, 0.29) is 11.7 Å². The predicted molar refractivity (Wildman–Crippen MR) is 91.9 cm³/mol. The molecule has 0 radical (unpaired) electrons. The highest BCUT2D eigenvalue weighted by Gasteiger charge is 2.20. The van der Waals surface area contributed by atoms with Crippen LogP contribution in [0, 0.1) is 6.92 Å². The molecule has 1 aliphatic carbocycles. The van der Waals surface area contributed by atoms with Crippen molar-refractivity contribution < 1.29 is 4.79 Å². The average Bonchev–Trinajstić information content (AvgIpc) is 3.02. The second-order valence-electron chi connectivity index (χ2n) is 5.60. The maximum atomic E-state index is 12.0. The molecular formula is C15H19N5OS2. The van der Waals surface area contributed by atoms with Crippen LogP contribution in [0.2, 0.25) is 0 Å². The molecule has 0 spiro atoms. The van der Waals surface area contributed by atoms with Crippen molar-refractivity contribution in [2.75, 3.05) is 11.1 Å². The number of hydrogen-bond acceptors (Lipinski definition) is 7. The SMILES string of the molecule is Cc1ccnc(SCC(=O)Nc2nnc(C3CCCCC3)s2)n1. The number of amides is 1. The molecule has 2 aromatic heterocycles. The van der Waals surface area contributed by atoms with Crippen LogP contribution in [0.1, 0.15) is 48.7 Å². The van der Waals surface area contributed by atoms with Crippen LogP contribution < -0.4 is 5.32 Å². The highest BCUT2D eigenvalue weighted by Crippen LogP contribution is 2.35. The highest BCUT2D eigenvalue weighted by atomic mass is 32.2. The van der Waals surface area contributed by atoms with E-state index in [9.17, 15) is 4.79 Å². The predicted octanol–water partition coefficient (Wildman–Crippen LogP) is 3.42. The lowest BCUT2D eigenvalue weighted by molar-refractivity contribution is -0.113. The largest absolute Gasteiger partial charge is 0.300 e. The molecule has 1 aliphatic rings. The Morgan fingerprint density at radius 1 is 1.35 bits per heavy atom. The van der Waals surface area contributed by atoms with Crippen molar-refractivity contribution in [3.63, 3.8) is 0 Å². The molecule has 122 valence electrons. The number of carbonyl (C=O) groups excluding carboxylic acids is 1. The lowest BCUT2D eigenvalue weighted by Gasteiger charge is -2.18. The van der Waals surface area contributed by atoms with Gasteiger partial charge in [-0.05, 0) is 25.8 Å². The van der Waals surface area contributed by atoms with Gasteiger partial charge in [-0.2, -0.15) is 0 Å². The van der Waals surface area contributed by atoms with Crippen LogP contribution in [-0.2, 0) is 4.79 Å². The molecule has 0 saturated heterocycles. The van der Waals surface area contributed by atoms with Gasteiger partial charge in [0, 0.05) is 17.8 Å². The van der Waals surface area contributed by atoms with Crippen molar-refractivity contribution >= 4 is 34.1 Å². The fourth-order valence-electron chi connectivity index (χ4n) is 2.58. The number of thioether (sulfide) groups is 1. The first-order chi connectivity index (χ1) is 11.2. The zero-order chi connectivity index (χ0) is 16.1. The van der Waals surface area contributed by atoms with Gasteiger partial charge in [0.05, 0.1) is 5.75 Å². The van der Waals surface area contributed by atoms with Crippen LogP contribution in [0.15, 0.2) is 17.4 Å². The van der Waals surface area contributed by atoms with E-state index in [1.807, 2.05) is 13.0 Å². The number of aromatic nitrogens is 4. The van der Waals surface area contributed by atoms with Crippen molar-refractivity contribution in [1.82, 2.24) is 20.2 Å². The normalized spacial score (nSPS) is 15.5. The highest BCUT2D eigenvalue weighted by molar-refractivity contribution is 7.99. The van der Waals surface area contributed by atoms with Crippen molar-refractivity contribution in [3.05, 3.63) is 23.0 Å². The van der Waals surface area contributed by atoms with Gasteiger partial charge in [-0.25, -0.2) is 9.97 Å². The number of nitrogens with zero attached hydrogens (tertiary/aromatic N) is 4. The Balaban J connectivity index is 1.50. The summed E-state index contributed by atoms with van der Waals surface area (Å²) in [5.74, 6) is 0.676. The van der Waals surface area contributed by atoms with Gasteiger partial charge in [0.25, 0.3) is 0 Å². The molecule has 1 fully saturated rings. The molecule has 1 N–H and O–H groups in total. The quantitative estimate of drug-likeness (QED) is 0.658. The minimum Gasteiger partial charge on any atom is -0.300 e. The van der Waals surface area contributed by atoms with E-state index in [1.165, 1.54) is 55.2 Å². The standard InChI is InChI=1S/C15H19N5OS2/c1-10-7-8-16-14(17-10)22-9-12(21)18-15-20-19-13(23-15)11-5-3-2-4-6-11/h7-8,11H,2-6,9H2,1H3,(H,18,20,21). The molecule has 2 aromatic rings. The molecule has 23 heavy (non-hydrogen) atoms. The molecule has 0 atom stereocenters. The Labute approximate surface area is 143 Å². The van der Waals surface area contributed by atoms with E-state index in [2.05, 4.69) is 25.5 Å². The molecule has 6 nitrogen and oxygen atoms in total. The van der Waals surface area contributed by atoms with Gasteiger partial charge in [-0.3, -0.25) is 10.1 Å². The summed E-state index contributed by atoms with van der Waals surface area (Å²) in [6.07, 6.45) is 7.91. The third-order valence-corrected chi connectivity index (χ3v) is 5.61. The smallest absolute Gasteiger partial charge is 0.236 e. The number of rotatable bonds is 5. The minimum atomic E-state index is -0.105. The van der Waals surface area contributed by atoms with Gasteiger partial charge in [-0.15, -0.1) is 10.2 Å². The topological polar surface area (TPSA) is 80.7 Å². The average molecular weight is 349 g/mol. The minimum absolute atomic E-state index is 0.105. The van der Waals surface area contributed by atoms with Crippen LogP contribution >= 0.6 is 23.1 Å². The lowest BCUT2D eigenvalue weighted by atomic mass is 9.90. The number of anilines is 1. The van der Waals surface area contributed by atoms with E-state index in [0.717, 1.165) is 10.7 Å². The molecular weight excluding hydrogens is 330 g/mol. The molecule has 1 saturated carbocycles. The summed E-state index contributed by atoms with van der Waals surface area (Å²) in [7, 11) is 0. The molecule has 0 aromatic carbocycles. The Morgan fingerprint density at radius 2 is 2.17 bits per heavy atom. The van der Waals surface area contributed by atoms with E-state index >= 15 is 0 Å². The van der Waals surface area contributed by atoms with E-state index in [0.29, 0.717) is 16.2 Å². The monoisotopic (exact) mass is 349 g/mol. The first kappa shape index (κ1) is 16.3. The Hall–Kier alpha value is -1.54. The van der Waals surface area contributed by atoms with Gasteiger partial charge >= 0.3 is 0 Å². The number of aryl methyl sites for hydroxylation is 1. The first-order valence-corrected chi connectivity index (χ1v) is 9.56. The van der Waals surface area contributed by atoms with Crippen molar-refractivity contribution in [1.29, 1.82) is 0 Å². The van der Waals surface area contributed by atoms with Gasteiger partial charge in [0.1, 0.15) is 5.01 Å². The molecule has 0 aliphatic heterocycles. The third kappa shape index (κ3) is 4.71. The summed E-state index contributed by atoms with van der Waals surface area (Å²) in [6.45, 7) is 1.90. The van der Waals surface area contributed by atoms with E-state index < -0.39 is 0 Å². The molecule has 0 bridgehead atoms. The Morgan fingerprint density at radius 3 is 2.96 bits per heavy atom. The van der Waals surface area contributed by atoms with Gasteiger partial charge in [-0.1, -0.05) is 42.4 Å². The summed E-state index contributed by atoms with van der Waals surface area (Å²) in [5.41, 5.74) is 0.893. The molecule has 0 unspecified atom stereocenters. The lowest BCUT2D eigenvalue weighted by Crippen LogP contribution is -2.14. The van der Waals surface area contributed by atoms with Crippen LogP contribution in [0.5, 0.6) is 0 Å². The maximum absolute atomic E-state index is 12.0. The maximum Gasteiger partial charge on any atom is 0.236 e. The molecule has 1 amide bonds. The molecule has 3 rings (SSSR count). The van der Waals surface area contributed by atoms with E-state index in [4.69, 9.17) is 0 Å². The summed E-state index contributed by atoms with van der Waals surface area (Å²) >= 11 is 2.82. The fraction of sp³-hybridized carbons (Fsp3) is 0.533. The van der Waals surface area contributed by atoms with Gasteiger partial charge < -0.3 is 0 Å². The second kappa shape index (κ2) is 7.83. The van der Waals surface area contributed by atoms with Gasteiger partial charge in [0.15, 0.2) is 5.16 Å². The number of nitrogens with one attached hydrogen (secondary N) is 1. The number of hydrogen-bond donors (Lipinski definition) is 1. The number of carbonyl (C=O) groups is 1. The van der Waals surface area contributed by atoms with Crippen LogP contribution in [0.25, 0.3) is 0 Å². The summed E-state index contributed by atoms with van der Waals surface area (Å²) in [4.78, 5) is 20.4. The van der Waals surface area contributed by atoms with Crippen LogP contribution in [-0.4, -0.2) is 31.8 Å². The molecule has 8 heteroatoms. The zero-order valence-electron chi connectivity index (χ0n) is 13.0. The Kier molecular flexibility index (Phi) is 5.56. The van der Waals surface area contributed by atoms with Crippen molar-refractivity contribution in [3.8, 4) is 0 Å². The zero-order valence-corrected chi connectivity index (χ0v) is 14.6.